The molecule has 0 aromatic heterocycles. The third kappa shape index (κ3) is 4.26. The van der Waals surface area contributed by atoms with Crippen LogP contribution in [0.3, 0.4) is 0 Å². The normalized spacial score (nSPS) is 17.6. The molecule has 1 fully saturated rings. The molecule has 1 aliphatic heterocycles. The van der Waals surface area contributed by atoms with Gasteiger partial charge in [0.1, 0.15) is 17.5 Å². The molecular formula is C26H24ClNO5. The van der Waals surface area contributed by atoms with Crippen LogP contribution in [-0.2, 0) is 4.79 Å². The molecule has 33 heavy (non-hydrogen) atoms. The monoisotopic (exact) mass is 465 g/mol. The van der Waals surface area contributed by atoms with Crippen molar-refractivity contribution >= 4 is 23.5 Å². The van der Waals surface area contributed by atoms with Crippen molar-refractivity contribution in [3.05, 3.63) is 82.9 Å². The molecule has 0 spiro atoms. The Bertz CT molecular complexity index is 1190. The quantitative estimate of drug-likeness (QED) is 0.523. The minimum absolute atomic E-state index is 0.343. The number of aliphatic carboxylic acids is 1. The Hall–Kier alpha value is -3.51. The maximum absolute atomic E-state index is 13.6. The molecule has 1 unspecified atom stereocenters. The Balaban J connectivity index is 1.75. The van der Waals surface area contributed by atoms with Gasteiger partial charge in [-0.05, 0) is 48.7 Å². The molecule has 170 valence electrons. The summed E-state index contributed by atoms with van der Waals surface area (Å²) in [5, 5.41) is 10.3. The van der Waals surface area contributed by atoms with Crippen LogP contribution < -0.4 is 9.47 Å². The summed E-state index contributed by atoms with van der Waals surface area (Å²) in [6.45, 7) is 0. The lowest BCUT2D eigenvalue weighted by molar-refractivity contribution is -0.141. The van der Waals surface area contributed by atoms with Gasteiger partial charge in [0.05, 0.1) is 20.3 Å². The molecule has 3 aromatic rings. The number of ether oxygens (including phenoxy) is 2. The Labute approximate surface area is 197 Å². The molecule has 0 radical (unpaired) electrons. The van der Waals surface area contributed by atoms with Crippen LogP contribution in [0, 0.1) is 0 Å². The Morgan fingerprint density at radius 3 is 2.27 bits per heavy atom. The highest BCUT2D eigenvalue weighted by Gasteiger charge is 2.42. The lowest BCUT2D eigenvalue weighted by Gasteiger charge is -2.29. The van der Waals surface area contributed by atoms with Crippen LogP contribution in [0.15, 0.2) is 66.7 Å². The van der Waals surface area contributed by atoms with E-state index < -0.39 is 18.1 Å². The van der Waals surface area contributed by atoms with Gasteiger partial charge in [-0.3, -0.25) is 4.79 Å². The van der Waals surface area contributed by atoms with Crippen molar-refractivity contribution in [2.45, 2.75) is 24.9 Å². The lowest BCUT2D eigenvalue weighted by atomic mass is 10.00. The zero-order valence-corrected chi connectivity index (χ0v) is 19.1. The first-order valence-corrected chi connectivity index (χ1v) is 11.0. The van der Waals surface area contributed by atoms with Crippen LogP contribution >= 0.6 is 11.6 Å². The average Bonchev–Trinajstić information content (AvgIpc) is 3.28. The number of amides is 1. The highest BCUT2D eigenvalue weighted by Crippen LogP contribution is 2.41. The van der Waals surface area contributed by atoms with E-state index in [0.29, 0.717) is 34.9 Å². The number of carbonyl (C=O) groups excluding carboxylic acids is 1. The molecular weight excluding hydrogens is 442 g/mol. The molecule has 0 aliphatic carbocycles. The first-order chi connectivity index (χ1) is 16.0. The van der Waals surface area contributed by atoms with Crippen molar-refractivity contribution in [1.82, 2.24) is 4.90 Å². The van der Waals surface area contributed by atoms with Gasteiger partial charge in [-0.1, -0.05) is 48.0 Å². The van der Waals surface area contributed by atoms with E-state index in [-0.39, 0.29) is 5.91 Å². The molecule has 2 atom stereocenters. The summed E-state index contributed by atoms with van der Waals surface area (Å²) in [7, 11) is 3.13. The fourth-order valence-corrected chi connectivity index (χ4v) is 4.71. The zero-order chi connectivity index (χ0) is 23.5. The van der Waals surface area contributed by atoms with Crippen molar-refractivity contribution in [3.63, 3.8) is 0 Å². The van der Waals surface area contributed by atoms with Crippen molar-refractivity contribution in [2.75, 3.05) is 14.2 Å². The predicted octanol–water partition coefficient (Wildman–Crippen LogP) is 5.45. The maximum Gasteiger partial charge on any atom is 0.326 e. The molecule has 1 saturated heterocycles. The number of carboxylic acid groups (broad SMARTS) is 1. The topological polar surface area (TPSA) is 76.1 Å². The van der Waals surface area contributed by atoms with E-state index in [0.717, 1.165) is 16.7 Å². The van der Waals surface area contributed by atoms with Crippen molar-refractivity contribution in [2.24, 2.45) is 0 Å². The van der Waals surface area contributed by atoms with Gasteiger partial charge in [0.15, 0.2) is 0 Å². The number of benzene rings is 3. The third-order valence-electron chi connectivity index (χ3n) is 6.01. The third-order valence-corrected chi connectivity index (χ3v) is 6.36. The van der Waals surface area contributed by atoms with Crippen LogP contribution in [0.5, 0.6) is 11.5 Å². The van der Waals surface area contributed by atoms with E-state index in [2.05, 4.69) is 0 Å². The summed E-state index contributed by atoms with van der Waals surface area (Å²) in [6, 6.07) is 18.5. The van der Waals surface area contributed by atoms with E-state index in [9.17, 15) is 14.7 Å². The molecule has 0 bridgehead atoms. The molecule has 1 aliphatic rings. The summed E-state index contributed by atoms with van der Waals surface area (Å²) >= 11 is 6.40. The summed E-state index contributed by atoms with van der Waals surface area (Å²) in [6.07, 6.45) is 0.871. The largest absolute Gasteiger partial charge is 0.496 e. The Kier molecular flexibility index (Phi) is 6.56. The number of hydrogen-bond donors (Lipinski definition) is 1. The molecule has 0 saturated carbocycles. The fourth-order valence-electron chi connectivity index (χ4n) is 4.45. The first-order valence-electron chi connectivity index (χ1n) is 10.6. The van der Waals surface area contributed by atoms with Crippen molar-refractivity contribution < 1.29 is 24.2 Å². The summed E-state index contributed by atoms with van der Waals surface area (Å²) in [5.74, 6) is -0.241. The number of likely N-dealkylation sites (tertiary alicyclic amines) is 1. The van der Waals surface area contributed by atoms with E-state index >= 15 is 0 Å². The molecule has 6 nitrogen and oxygen atoms in total. The Morgan fingerprint density at radius 1 is 0.909 bits per heavy atom. The van der Waals surface area contributed by atoms with Gasteiger partial charge in [-0.25, -0.2) is 4.79 Å². The number of hydrogen-bond acceptors (Lipinski definition) is 4. The number of carboxylic acids is 1. The summed E-state index contributed by atoms with van der Waals surface area (Å²) < 4.78 is 11.1. The Morgan fingerprint density at radius 2 is 1.58 bits per heavy atom. The molecule has 1 heterocycles. The minimum atomic E-state index is -1.03. The predicted molar refractivity (Wildman–Crippen MR) is 126 cm³/mol. The first kappa shape index (κ1) is 22.7. The molecule has 4 rings (SSSR count). The number of para-hydroxylation sites is 1. The van der Waals surface area contributed by atoms with Crippen LogP contribution in [0.4, 0.5) is 0 Å². The van der Waals surface area contributed by atoms with Gasteiger partial charge in [0.2, 0.25) is 0 Å². The molecule has 1 N–H and O–H groups in total. The standard InChI is InChI=1S/C26H24ClNO5/c1-32-23-10-6-4-7-17(23)18-12-11-16(15-24(18)33-2)25(29)28-21(13-14-22(28)26(30)31)19-8-3-5-9-20(19)27/h3-12,15,21-22H,13-14H2,1-2H3,(H,30,31)/t21?,22-/m0/s1. The summed E-state index contributed by atoms with van der Waals surface area (Å²) in [4.78, 5) is 27.0. The van der Waals surface area contributed by atoms with Crippen LogP contribution in [0.25, 0.3) is 11.1 Å². The number of methoxy groups -OCH3 is 2. The van der Waals surface area contributed by atoms with Gasteiger partial charge < -0.3 is 19.5 Å². The number of carbonyl (C=O) groups is 2. The zero-order valence-electron chi connectivity index (χ0n) is 18.3. The average molecular weight is 466 g/mol. The van der Waals surface area contributed by atoms with Gasteiger partial charge in [0, 0.05) is 21.7 Å². The van der Waals surface area contributed by atoms with Crippen LogP contribution in [0.2, 0.25) is 5.02 Å². The summed E-state index contributed by atoms with van der Waals surface area (Å²) in [5.41, 5.74) is 2.68. The smallest absolute Gasteiger partial charge is 0.326 e. The lowest BCUT2D eigenvalue weighted by Crippen LogP contribution is -2.41. The van der Waals surface area contributed by atoms with Gasteiger partial charge in [0.25, 0.3) is 5.91 Å². The second-order valence-corrected chi connectivity index (χ2v) is 8.20. The highest BCUT2D eigenvalue weighted by molar-refractivity contribution is 6.31. The van der Waals surface area contributed by atoms with Gasteiger partial charge in [-0.15, -0.1) is 0 Å². The molecule has 1 amide bonds. The second kappa shape index (κ2) is 9.55. The number of halogens is 1. The molecule has 3 aromatic carbocycles. The SMILES string of the molecule is COc1ccccc1-c1ccc(C(=O)N2C(c3ccccc3Cl)CC[C@H]2C(=O)O)cc1OC. The van der Waals surface area contributed by atoms with Crippen LogP contribution in [0.1, 0.15) is 34.8 Å². The second-order valence-electron chi connectivity index (χ2n) is 7.80. The van der Waals surface area contributed by atoms with E-state index in [4.69, 9.17) is 21.1 Å². The van der Waals surface area contributed by atoms with E-state index in [1.807, 2.05) is 42.5 Å². The van der Waals surface area contributed by atoms with Gasteiger partial charge in [-0.2, -0.15) is 0 Å². The van der Waals surface area contributed by atoms with Crippen molar-refractivity contribution in [3.8, 4) is 22.6 Å². The van der Waals surface area contributed by atoms with Crippen LogP contribution in [-0.4, -0.2) is 42.1 Å². The van der Waals surface area contributed by atoms with E-state index in [1.165, 1.54) is 12.0 Å². The minimum Gasteiger partial charge on any atom is -0.496 e. The fraction of sp³-hybridized carbons (Fsp3) is 0.231. The maximum atomic E-state index is 13.6. The van der Waals surface area contributed by atoms with E-state index in [1.54, 1.807) is 31.4 Å². The van der Waals surface area contributed by atoms with Crippen molar-refractivity contribution in [1.29, 1.82) is 0 Å². The molecule has 7 heteroatoms. The number of nitrogens with zero attached hydrogens (tertiary/aromatic N) is 1. The number of rotatable bonds is 6. The highest BCUT2D eigenvalue weighted by atomic mass is 35.5. The van der Waals surface area contributed by atoms with Gasteiger partial charge >= 0.3 is 5.97 Å².